The highest BCUT2D eigenvalue weighted by Crippen LogP contribution is 2.26. The van der Waals surface area contributed by atoms with E-state index in [9.17, 15) is 9.59 Å². The topological polar surface area (TPSA) is 76.7 Å². The molecular formula is C24H30Br2N2O4. The van der Waals surface area contributed by atoms with Crippen molar-refractivity contribution in [2.45, 2.75) is 39.5 Å². The molecule has 2 aromatic carbocycles. The van der Waals surface area contributed by atoms with Crippen molar-refractivity contribution < 1.29 is 19.1 Å². The lowest BCUT2D eigenvalue weighted by Gasteiger charge is -2.09. The molecule has 2 N–H and O–H groups in total. The average Bonchev–Trinajstić information content (AvgIpc) is 2.78. The van der Waals surface area contributed by atoms with Gasteiger partial charge in [0.05, 0.1) is 22.2 Å². The molecule has 0 heterocycles. The zero-order chi connectivity index (χ0) is 23.3. The molecule has 0 bridgehead atoms. The highest BCUT2D eigenvalue weighted by Gasteiger charge is 2.10. The smallest absolute Gasteiger partial charge is 0.251 e. The van der Waals surface area contributed by atoms with Crippen LogP contribution in [0.15, 0.2) is 45.3 Å². The summed E-state index contributed by atoms with van der Waals surface area (Å²) in [4.78, 5) is 24.5. The van der Waals surface area contributed by atoms with Crippen LogP contribution in [0.1, 0.15) is 60.2 Å². The van der Waals surface area contributed by atoms with E-state index in [2.05, 4.69) is 42.5 Å². The van der Waals surface area contributed by atoms with Gasteiger partial charge in [0, 0.05) is 24.2 Å². The van der Waals surface area contributed by atoms with Crippen molar-refractivity contribution >= 4 is 43.7 Å². The molecule has 0 spiro atoms. The van der Waals surface area contributed by atoms with Crippen molar-refractivity contribution in [1.29, 1.82) is 0 Å². The summed E-state index contributed by atoms with van der Waals surface area (Å²) in [5, 5.41) is 5.88. The highest BCUT2D eigenvalue weighted by molar-refractivity contribution is 9.10. The van der Waals surface area contributed by atoms with E-state index >= 15 is 0 Å². The number of halogens is 2. The zero-order valence-electron chi connectivity index (χ0n) is 18.5. The first-order chi connectivity index (χ1) is 15.5. The van der Waals surface area contributed by atoms with E-state index in [1.165, 1.54) is 0 Å². The number of hydrogen-bond donors (Lipinski definition) is 2. The standard InChI is InChI=1S/C24H30Br2N2O4/c1-3-31-21-11-9-17(15-19(21)25)23(29)27-13-7-5-6-8-14-28-24(30)18-10-12-22(32-4-2)20(26)16-18/h9-12,15-16H,3-8,13-14H2,1-2H3,(H,27,29)(H,28,30). The number of carbonyl (C=O) groups is 2. The summed E-state index contributed by atoms with van der Waals surface area (Å²) < 4.78 is 12.5. The van der Waals surface area contributed by atoms with Crippen molar-refractivity contribution in [3.63, 3.8) is 0 Å². The maximum atomic E-state index is 12.3. The van der Waals surface area contributed by atoms with Crippen LogP contribution in [0.5, 0.6) is 11.5 Å². The molecule has 0 saturated heterocycles. The van der Waals surface area contributed by atoms with Gasteiger partial charge in [0.15, 0.2) is 0 Å². The molecule has 174 valence electrons. The lowest BCUT2D eigenvalue weighted by Crippen LogP contribution is -2.25. The Kier molecular flexibility index (Phi) is 11.6. The van der Waals surface area contributed by atoms with Gasteiger partial charge in [0.2, 0.25) is 0 Å². The Morgan fingerprint density at radius 1 is 0.719 bits per heavy atom. The largest absolute Gasteiger partial charge is 0.493 e. The molecule has 32 heavy (non-hydrogen) atoms. The first kappa shape index (κ1) is 26.2. The van der Waals surface area contributed by atoms with E-state index in [4.69, 9.17) is 9.47 Å². The van der Waals surface area contributed by atoms with E-state index in [0.717, 1.165) is 46.1 Å². The predicted molar refractivity (Wildman–Crippen MR) is 134 cm³/mol. The molecule has 6 nitrogen and oxygen atoms in total. The maximum Gasteiger partial charge on any atom is 0.251 e. The van der Waals surface area contributed by atoms with Gasteiger partial charge in [-0.3, -0.25) is 9.59 Å². The van der Waals surface area contributed by atoms with Crippen molar-refractivity contribution in [2.75, 3.05) is 26.3 Å². The van der Waals surface area contributed by atoms with Gasteiger partial charge in [0.1, 0.15) is 11.5 Å². The van der Waals surface area contributed by atoms with E-state index in [1.54, 1.807) is 36.4 Å². The summed E-state index contributed by atoms with van der Waals surface area (Å²) in [6.45, 7) is 6.23. The van der Waals surface area contributed by atoms with Crippen LogP contribution >= 0.6 is 31.9 Å². The van der Waals surface area contributed by atoms with Gasteiger partial charge in [-0.05, 0) is 94.9 Å². The molecule has 0 aliphatic heterocycles. The summed E-state index contributed by atoms with van der Waals surface area (Å²) in [6.07, 6.45) is 3.75. The first-order valence-electron chi connectivity index (χ1n) is 10.9. The lowest BCUT2D eigenvalue weighted by atomic mass is 10.1. The molecule has 2 amide bonds. The third-order valence-corrected chi connectivity index (χ3v) is 5.90. The fraction of sp³-hybridized carbons (Fsp3) is 0.417. The van der Waals surface area contributed by atoms with Gasteiger partial charge in [-0.25, -0.2) is 0 Å². The Labute approximate surface area is 206 Å². The highest BCUT2D eigenvalue weighted by atomic mass is 79.9. The van der Waals surface area contributed by atoms with Crippen LogP contribution in [0, 0.1) is 0 Å². The number of unbranched alkanes of at least 4 members (excludes halogenated alkanes) is 3. The van der Waals surface area contributed by atoms with Gasteiger partial charge in [-0.2, -0.15) is 0 Å². The second-order valence-corrected chi connectivity index (χ2v) is 8.79. The van der Waals surface area contributed by atoms with E-state index in [0.29, 0.717) is 37.4 Å². The fourth-order valence-electron chi connectivity index (χ4n) is 3.04. The summed E-state index contributed by atoms with van der Waals surface area (Å²) in [7, 11) is 0. The van der Waals surface area contributed by atoms with Crippen LogP contribution in [0.4, 0.5) is 0 Å². The Bertz CT molecular complexity index is 832. The lowest BCUT2D eigenvalue weighted by molar-refractivity contribution is 0.0943. The Hall–Kier alpha value is -2.06. The zero-order valence-corrected chi connectivity index (χ0v) is 21.7. The molecule has 0 atom stereocenters. The van der Waals surface area contributed by atoms with Crippen LogP contribution < -0.4 is 20.1 Å². The van der Waals surface area contributed by atoms with Gasteiger partial charge in [0.25, 0.3) is 11.8 Å². The van der Waals surface area contributed by atoms with Gasteiger partial charge < -0.3 is 20.1 Å². The minimum atomic E-state index is -0.0949. The summed E-state index contributed by atoms with van der Waals surface area (Å²) in [5.41, 5.74) is 1.20. The summed E-state index contributed by atoms with van der Waals surface area (Å²) >= 11 is 6.86. The second kappa shape index (κ2) is 14.2. The Morgan fingerprint density at radius 2 is 1.12 bits per heavy atom. The predicted octanol–water partition coefficient (Wildman–Crippen LogP) is 5.73. The maximum absolute atomic E-state index is 12.3. The average molecular weight is 570 g/mol. The number of benzene rings is 2. The Morgan fingerprint density at radius 3 is 1.47 bits per heavy atom. The van der Waals surface area contributed by atoms with Gasteiger partial charge >= 0.3 is 0 Å². The van der Waals surface area contributed by atoms with Crippen LogP contribution in [0.2, 0.25) is 0 Å². The number of hydrogen-bond acceptors (Lipinski definition) is 4. The van der Waals surface area contributed by atoms with Crippen LogP contribution in [0.25, 0.3) is 0 Å². The SMILES string of the molecule is CCOc1ccc(C(=O)NCCCCCCNC(=O)c2ccc(OCC)c(Br)c2)cc1Br. The number of amides is 2. The van der Waals surface area contributed by atoms with Crippen molar-refractivity contribution in [3.8, 4) is 11.5 Å². The molecule has 0 radical (unpaired) electrons. The molecular weight excluding hydrogens is 540 g/mol. The molecule has 2 aromatic rings. The molecule has 0 fully saturated rings. The van der Waals surface area contributed by atoms with Crippen molar-refractivity contribution in [2.24, 2.45) is 0 Å². The minimum absolute atomic E-state index is 0.0949. The summed E-state index contributed by atoms with van der Waals surface area (Å²) in [6, 6.07) is 10.6. The van der Waals surface area contributed by atoms with Gasteiger partial charge in [-0.1, -0.05) is 12.8 Å². The number of rotatable bonds is 13. The monoisotopic (exact) mass is 568 g/mol. The number of carbonyl (C=O) groups excluding carboxylic acids is 2. The third kappa shape index (κ3) is 8.47. The van der Waals surface area contributed by atoms with Crippen LogP contribution in [-0.4, -0.2) is 38.1 Å². The summed E-state index contributed by atoms with van der Waals surface area (Å²) in [5.74, 6) is 1.27. The minimum Gasteiger partial charge on any atom is -0.493 e. The molecule has 0 aromatic heterocycles. The molecule has 2 rings (SSSR count). The number of nitrogens with one attached hydrogen (secondary N) is 2. The molecule has 8 heteroatoms. The molecule has 0 aliphatic rings. The molecule has 0 aliphatic carbocycles. The first-order valence-corrected chi connectivity index (χ1v) is 12.5. The fourth-order valence-corrected chi connectivity index (χ4v) is 4.03. The Balaban J connectivity index is 1.59. The van der Waals surface area contributed by atoms with Gasteiger partial charge in [-0.15, -0.1) is 0 Å². The van der Waals surface area contributed by atoms with E-state index in [1.807, 2.05) is 13.8 Å². The number of ether oxygens (including phenoxy) is 2. The van der Waals surface area contributed by atoms with Crippen LogP contribution in [-0.2, 0) is 0 Å². The van der Waals surface area contributed by atoms with Crippen molar-refractivity contribution in [3.05, 3.63) is 56.5 Å². The molecule has 0 saturated carbocycles. The molecule has 0 unspecified atom stereocenters. The normalized spacial score (nSPS) is 10.5. The quantitative estimate of drug-likeness (QED) is 0.302. The third-order valence-electron chi connectivity index (χ3n) is 4.66. The second-order valence-electron chi connectivity index (χ2n) is 7.08. The van der Waals surface area contributed by atoms with Crippen LogP contribution in [0.3, 0.4) is 0 Å². The van der Waals surface area contributed by atoms with E-state index < -0.39 is 0 Å². The van der Waals surface area contributed by atoms with Crippen molar-refractivity contribution in [1.82, 2.24) is 10.6 Å². The van der Waals surface area contributed by atoms with E-state index in [-0.39, 0.29) is 11.8 Å².